The van der Waals surface area contributed by atoms with Crippen molar-refractivity contribution in [3.8, 4) is 0 Å². The van der Waals surface area contributed by atoms with E-state index in [1.54, 1.807) is 6.07 Å². The highest BCUT2D eigenvalue weighted by atomic mass is 35.5. The molecule has 0 spiro atoms. The van der Waals surface area contributed by atoms with E-state index in [0.29, 0.717) is 11.8 Å². The maximum Gasteiger partial charge on any atom is 0.126 e. The Balaban J connectivity index is 2.22. The summed E-state index contributed by atoms with van der Waals surface area (Å²) in [6.45, 7) is 0. The quantitative estimate of drug-likeness (QED) is 0.666. The van der Waals surface area contributed by atoms with E-state index in [1.807, 2.05) is 12.1 Å². The van der Waals surface area contributed by atoms with E-state index in [0.717, 1.165) is 5.56 Å². The molecule has 1 saturated carbocycles. The van der Waals surface area contributed by atoms with E-state index in [9.17, 15) is 4.39 Å². The van der Waals surface area contributed by atoms with E-state index in [-0.39, 0.29) is 11.7 Å². The largest absolute Gasteiger partial charge is 0.207 e. The SMILES string of the molecule is Fc1ccccc1C(CCl)C1CCC1. The Morgan fingerprint density at radius 1 is 1.36 bits per heavy atom. The number of alkyl halides is 1. The third-order valence-electron chi connectivity index (χ3n) is 3.19. The van der Waals surface area contributed by atoms with E-state index in [1.165, 1.54) is 25.3 Å². The number of benzene rings is 1. The van der Waals surface area contributed by atoms with Crippen LogP contribution in [0.25, 0.3) is 0 Å². The lowest BCUT2D eigenvalue weighted by Crippen LogP contribution is -2.22. The van der Waals surface area contributed by atoms with Crippen LogP contribution in [0.2, 0.25) is 0 Å². The maximum atomic E-state index is 13.5. The van der Waals surface area contributed by atoms with Gasteiger partial charge < -0.3 is 0 Å². The molecule has 0 nitrogen and oxygen atoms in total. The molecule has 1 fully saturated rings. The van der Waals surface area contributed by atoms with Crippen molar-refractivity contribution in [1.82, 2.24) is 0 Å². The molecule has 1 aromatic rings. The molecule has 0 aliphatic heterocycles. The smallest absolute Gasteiger partial charge is 0.126 e. The molecule has 1 atom stereocenters. The first kappa shape index (κ1) is 9.97. The fraction of sp³-hybridized carbons (Fsp3) is 0.500. The number of rotatable bonds is 3. The molecule has 0 radical (unpaired) electrons. The predicted molar refractivity (Wildman–Crippen MR) is 57.2 cm³/mol. The summed E-state index contributed by atoms with van der Waals surface area (Å²) in [6.07, 6.45) is 3.67. The molecule has 1 aromatic carbocycles. The molecular formula is C12H14ClF. The zero-order chi connectivity index (χ0) is 9.97. The molecule has 14 heavy (non-hydrogen) atoms. The Morgan fingerprint density at radius 3 is 2.57 bits per heavy atom. The van der Waals surface area contributed by atoms with Crippen LogP contribution >= 0.6 is 11.6 Å². The minimum atomic E-state index is -0.106. The fourth-order valence-electron chi connectivity index (χ4n) is 2.08. The third kappa shape index (κ3) is 1.78. The highest BCUT2D eigenvalue weighted by molar-refractivity contribution is 6.18. The topological polar surface area (TPSA) is 0 Å². The summed E-state index contributed by atoms with van der Waals surface area (Å²) in [5.74, 6) is 1.24. The second kappa shape index (κ2) is 4.31. The lowest BCUT2D eigenvalue weighted by molar-refractivity contribution is 0.270. The molecule has 1 aliphatic rings. The van der Waals surface area contributed by atoms with Crippen molar-refractivity contribution in [3.63, 3.8) is 0 Å². The summed E-state index contributed by atoms with van der Waals surface area (Å²) in [4.78, 5) is 0. The van der Waals surface area contributed by atoms with Gasteiger partial charge in [-0.2, -0.15) is 0 Å². The van der Waals surface area contributed by atoms with Gasteiger partial charge >= 0.3 is 0 Å². The number of halogens is 2. The Kier molecular flexibility index (Phi) is 3.07. The van der Waals surface area contributed by atoms with Crippen molar-refractivity contribution in [1.29, 1.82) is 0 Å². The molecule has 2 heteroatoms. The Bertz CT molecular complexity index is 307. The van der Waals surface area contributed by atoms with Crippen LogP contribution < -0.4 is 0 Å². The molecule has 0 saturated heterocycles. The van der Waals surface area contributed by atoms with Gasteiger partial charge in [0.25, 0.3) is 0 Å². The molecule has 0 aromatic heterocycles. The second-order valence-electron chi connectivity index (χ2n) is 3.97. The highest BCUT2D eigenvalue weighted by Crippen LogP contribution is 2.40. The number of hydrogen-bond acceptors (Lipinski definition) is 0. The Hall–Kier alpha value is -0.560. The van der Waals surface area contributed by atoms with Crippen LogP contribution in [0.5, 0.6) is 0 Å². The highest BCUT2D eigenvalue weighted by Gasteiger charge is 2.29. The van der Waals surface area contributed by atoms with Gasteiger partial charge in [-0.05, 0) is 30.4 Å². The maximum absolute atomic E-state index is 13.5. The van der Waals surface area contributed by atoms with Crippen molar-refractivity contribution in [2.75, 3.05) is 5.88 Å². The summed E-state index contributed by atoms with van der Waals surface area (Å²) in [7, 11) is 0. The minimum absolute atomic E-state index is 0.106. The molecule has 0 N–H and O–H groups in total. The second-order valence-corrected chi connectivity index (χ2v) is 4.28. The minimum Gasteiger partial charge on any atom is -0.207 e. The van der Waals surface area contributed by atoms with Crippen molar-refractivity contribution in [2.45, 2.75) is 25.2 Å². The van der Waals surface area contributed by atoms with Gasteiger partial charge in [0, 0.05) is 11.8 Å². The van der Waals surface area contributed by atoms with Gasteiger partial charge in [0.05, 0.1) is 0 Å². The summed E-state index contributed by atoms with van der Waals surface area (Å²) in [6, 6.07) is 7.00. The van der Waals surface area contributed by atoms with Gasteiger partial charge in [-0.1, -0.05) is 24.6 Å². The van der Waals surface area contributed by atoms with E-state index < -0.39 is 0 Å². The van der Waals surface area contributed by atoms with Gasteiger partial charge in [0.1, 0.15) is 5.82 Å². The van der Waals surface area contributed by atoms with Crippen molar-refractivity contribution in [2.24, 2.45) is 5.92 Å². The molecule has 0 heterocycles. The van der Waals surface area contributed by atoms with Gasteiger partial charge in [-0.15, -0.1) is 11.6 Å². The van der Waals surface area contributed by atoms with Crippen LogP contribution in [-0.2, 0) is 0 Å². The van der Waals surface area contributed by atoms with Crippen LogP contribution in [0.4, 0.5) is 4.39 Å². The molecule has 2 rings (SSSR count). The van der Waals surface area contributed by atoms with E-state index in [4.69, 9.17) is 11.6 Å². The van der Waals surface area contributed by atoms with E-state index in [2.05, 4.69) is 0 Å². The first-order valence-electron chi connectivity index (χ1n) is 5.13. The standard InChI is InChI=1S/C12H14ClF/c13-8-11(9-4-3-5-9)10-6-1-2-7-12(10)14/h1-2,6-7,9,11H,3-5,8H2. The zero-order valence-electron chi connectivity index (χ0n) is 8.05. The molecule has 1 aliphatic carbocycles. The molecule has 1 unspecified atom stereocenters. The Morgan fingerprint density at radius 2 is 2.07 bits per heavy atom. The van der Waals surface area contributed by atoms with Crippen molar-refractivity contribution >= 4 is 11.6 Å². The number of hydrogen-bond donors (Lipinski definition) is 0. The first-order valence-corrected chi connectivity index (χ1v) is 5.66. The predicted octanol–water partition coefficient (Wildman–Crippen LogP) is 3.95. The van der Waals surface area contributed by atoms with Crippen LogP contribution in [0.1, 0.15) is 30.7 Å². The first-order chi connectivity index (χ1) is 6.83. The van der Waals surface area contributed by atoms with Crippen LogP contribution in [0.3, 0.4) is 0 Å². The molecule has 76 valence electrons. The zero-order valence-corrected chi connectivity index (χ0v) is 8.80. The lowest BCUT2D eigenvalue weighted by Gasteiger charge is -2.33. The summed E-state index contributed by atoms with van der Waals surface area (Å²) >= 11 is 5.91. The van der Waals surface area contributed by atoms with Crippen LogP contribution in [0, 0.1) is 11.7 Å². The van der Waals surface area contributed by atoms with Crippen LogP contribution in [0.15, 0.2) is 24.3 Å². The molecule has 0 bridgehead atoms. The average Bonchev–Trinajstić information content (AvgIpc) is 2.12. The van der Waals surface area contributed by atoms with Gasteiger partial charge in [0.2, 0.25) is 0 Å². The summed E-state index contributed by atoms with van der Waals surface area (Å²) in [5, 5.41) is 0. The van der Waals surface area contributed by atoms with Gasteiger partial charge in [0.15, 0.2) is 0 Å². The molecular weight excluding hydrogens is 199 g/mol. The summed E-state index contributed by atoms with van der Waals surface area (Å²) < 4.78 is 13.5. The van der Waals surface area contributed by atoms with Crippen LogP contribution in [-0.4, -0.2) is 5.88 Å². The monoisotopic (exact) mass is 212 g/mol. The fourth-order valence-corrected chi connectivity index (χ4v) is 2.50. The molecule has 0 amide bonds. The average molecular weight is 213 g/mol. The third-order valence-corrected chi connectivity index (χ3v) is 3.52. The van der Waals surface area contributed by atoms with E-state index >= 15 is 0 Å². The van der Waals surface area contributed by atoms with Gasteiger partial charge in [-0.25, -0.2) is 4.39 Å². The Labute approximate surface area is 89.1 Å². The normalized spacial score (nSPS) is 19.0. The van der Waals surface area contributed by atoms with Gasteiger partial charge in [-0.3, -0.25) is 0 Å². The van der Waals surface area contributed by atoms with Crippen molar-refractivity contribution < 1.29 is 4.39 Å². The lowest BCUT2D eigenvalue weighted by atomic mass is 9.74. The van der Waals surface area contributed by atoms with Crippen molar-refractivity contribution in [3.05, 3.63) is 35.6 Å². The summed E-state index contributed by atoms with van der Waals surface area (Å²) in [5.41, 5.74) is 0.798.